The Morgan fingerprint density at radius 2 is 1.65 bits per heavy atom. The average molecular weight is 658 g/mol. The van der Waals surface area contributed by atoms with Crippen LogP contribution in [0.25, 0.3) is 11.1 Å². The fraction of sp³-hybridized carbons (Fsp3) is 0.432. The van der Waals surface area contributed by atoms with Gasteiger partial charge in [-0.25, -0.2) is 4.79 Å². The number of aliphatic hydroxyl groups is 1. The molecule has 5 rings (SSSR count). The fourth-order valence-corrected chi connectivity index (χ4v) is 6.56. The van der Waals surface area contributed by atoms with Gasteiger partial charge >= 0.3 is 6.09 Å². The zero-order valence-corrected chi connectivity index (χ0v) is 27.3. The van der Waals surface area contributed by atoms with Crippen molar-refractivity contribution in [2.24, 2.45) is 5.92 Å². The highest BCUT2D eigenvalue weighted by molar-refractivity contribution is 5.91. The Labute approximate surface area is 282 Å². The predicted octanol–water partition coefficient (Wildman–Crippen LogP) is 5.03. The van der Waals surface area contributed by atoms with Crippen LogP contribution in [0.1, 0.15) is 56.6 Å². The van der Waals surface area contributed by atoms with E-state index in [-0.39, 0.29) is 29.5 Å². The van der Waals surface area contributed by atoms with Gasteiger partial charge in [-0.3, -0.25) is 14.9 Å². The summed E-state index contributed by atoms with van der Waals surface area (Å²) in [4.78, 5) is 38.4. The molecule has 2 aliphatic rings. The summed E-state index contributed by atoms with van der Waals surface area (Å²) in [6.45, 7) is 3.38. The minimum atomic E-state index is -0.764. The van der Waals surface area contributed by atoms with Gasteiger partial charge in [-0.15, -0.1) is 0 Å². The van der Waals surface area contributed by atoms with E-state index in [4.69, 9.17) is 4.74 Å². The van der Waals surface area contributed by atoms with Gasteiger partial charge in [-0.05, 0) is 80.3 Å². The summed E-state index contributed by atoms with van der Waals surface area (Å²) in [6, 6.07) is 22.5. The molecule has 11 nitrogen and oxygen atoms in total. The number of rotatable bonds is 14. The summed E-state index contributed by atoms with van der Waals surface area (Å²) in [5, 5.41) is 32.2. The highest BCUT2D eigenvalue weighted by atomic mass is 16.6. The number of carbonyl (C=O) groups excluding carboxylic acids is 3. The largest absolute Gasteiger partial charge is 0.506 e. The highest BCUT2D eigenvalue weighted by Crippen LogP contribution is 2.29. The van der Waals surface area contributed by atoms with E-state index in [0.717, 1.165) is 69.3 Å². The summed E-state index contributed by atoms with van der Waals surface area (Å²) in [5.74, 6) is 0.499. The number of anilines is 2. The second-order valence-electron chi connectivity index (χ2n) is 12.7. The quantitative estimate of drug-likeness (QED) is 0.104. The zero-order valence-electron chi connectivity index (χ0n) is 27.3. The molecule has 6 N–H and O–H groups in total. The van der Waals surface area contributed by atoms with Crippen molar-refractivity contribution in [2.45, 2.75) is 63.2 Å². The van der Waals surface area contributed by atoms with E-state index in [1.165, 1.54) is 6.07 Å². The Balaban J connectivity index is 0.931. The van der Waals surface area contributed by atoms with Crippen LogP contribution in [-0.2, 0) is 14.3 Å². The second-order valence-corrected chi connectivity index (χ2v) is 12.7. The summed E-state index contributed by atoms with van der Waals surface area (Å²) < 4.78 is 5.75. The number of hydrogen-bond donors (Lipinski definition) is 6. The minimum absolute atomic E-state index is 0.0507. The number of piperidine rings is 1. The number of hydrogen-bond acceptors (Lipinski definition) is 8. The molecule has 3 aromatic rings. The SMILES string of the molecule is O=CNc1cc(C(O)CNCC2CCC(NC(=O)CCN3CCC(OC(=O)Nc4ccccc4-c4ccccc4)CC3)CC2)ccc1O. The van der Waals surface area contributed by atoms with E-state index < -0.39 is 12.2 Å². The maximum atomic E-state index is 12.7. The number of likely N-dealkylation sites (tertiary alicyclic amines) is 1. The number of aliphatic hydroxyl groups excluding tert-OH is 1. The lowest BCUT2D eigenvalue weighted by atomic mass is 9.86. The molecule has 256 valence electrons. The number of benzene rings is 3. The lowest BCUT2D eigenvalue weighted by Gasteiger charge is -2.32. The molecule has 1 saturated carbocycles. The van der Waals surface area contributed by atoms with Crippen LogP contribution < -0.4 is 21.3 Å². The standard InChI is InChI=1S/C37H47N5O6/c43-25-39-33-22-28(12-15-34(33)44)35(45)24-38-23-26-10-13-29(14-11-26)40-36(46)18-21-42-19-16-30(17-20-42)48-37(47)41-32-9-5-4-8-31(32)27-6-2-1-3-7-27/h1-9,12,15,22,25-26,29-30,35,38,44-45H,10-11,13-14,16-21,23-24H2,(H,39,43)(H,40,46)(H,41,47). The van der Waals surface area contributed by atoms with Gasteiger partial charge in [0.1, 0.15) is 11.9 Å². The number of para-hydroxylation sites is 1. The second kappa shape index (κ2) is 17.6. The third-order valence-corrected chi connectivity index (χ3v) is 9.31. The van der Waals surface area contributed by atoms with Crippen molar-refractivity contribution in [1.82, 2.24) is 15.5 Å². The predicted molar refractivity (Wildman–Crippen MR) is 186 cm³/mol. The summed E-state index contributed by atoms with van der Waals surface area (Å²) in [5.41, 5.74) is 3.56. The molecule has 1 heterocycles. The molecule has 48 heavy (non-hydrogen) atoms. The van der Waals surface area contributed by atoms with Gasteiger partial charge in [0, 0.05) is 44.2 Å². The number of phenolic OH excluding ortho intramolecular Hbond substituents is 1. The molecule has 1 unspecified atom stereocenters. The number of amides is 3. The van der Waals surface area contributed by atoms with Crippen molar-refractivity contribution in [2.75, 3.05) is 43.4 Å². The Morgan fingerprint density at radius 3 is 2.40 bits per heavy atom. The normalized spacial score (nSPS) is 19.2. The van der Waals surface area contributed by atoms with Gasteiger partial charge in [-0.1, -0.05) is 54.6 Å². The van der Waals surface area contributed by atoms with E-state index >= 15 is 0 Å². The van der Waals surface area contributed by atoms with E-state index in [0.29, 0.717) is 43.1 Å². The first kappa shape index (κ1) is 34.9. The minimum Gasteiger partial charge on any atom is -0.506 e. The Morgan fingerprint density at radius 1 is 0.917 bits per heavy atom. The van der Waals surface area contributed by atoms with E-state index in [1.54, 1.807) is 12.1 Å². The molecule has 0 spiro atoms. The molecule has 0 bridgehead atoms. The smallest absolute Gasteiger partial charge is 0.411 e. The van der Waals surface area contributed by atoms with Crippen molar-refractivity contribution in [3.8, 4) is 16.9 Å². The molecular weight excluding hydrogens is 610 g/mol. The van der Waals surface area contributed by atoms with Crippen LogP contribution in [-0.4, -0.2) is 78.4 Å². The molecule has 2 fully saturated rings. The van der Waals surface area contributed by atoms with Crippen LogP contribution in [0.5, 0.6) is 5.75 Å². The Bertz CT molecular complexity index is 1490. The molecule has 3 aromatic carbocycles. The zero-order chi connectivity index (χ0) is 33.7. The Hall–Kier alpha value is -4.45. The van der Waals surface area contributed by atoms with Crippen molar-refractivity contribution in [3.63, 3.8) is 0 Å². The van der Waals surface area contributed by atoms with Crippen molar-refractivity contribution in [3.05, 3.63) is 78.4 Å². The number of nitrogens with zero attached hydrogens (tertiary/aromatic N) is 1. The lowest BCUT2D eigenvalue weighted by Crippen LogP contribution is -2.42. The maximum Gasteiger partial charge on any atom is 0.411 e. The lowest BCUT2D eigenvalue weighted by molar-refractivity contribution is -0.122. The summed E-state index contributed by atoms with van der Waals surface area (Å²) in [7, 11) is 0. The van der Waals surface area contributed by atoms with Gasteiger partial charge < -0.3 is 35.8 Å². The van der Waals surface area contributed by atoms with Crippen molar-refractivity contribution in [1.29, 1.82) is 0 Å². The molecule has 1 atom stereocenters. The average Bonchev–Trinajstić information content (AvgIpc) is 3.10. The summed E-state index contributed by atoms with van der Waals surface area (Å²) >= 11 is 0. The number of carbonyl (C=O) groups is 3. The molecular formula is C37H47N5O6. The van der Waals surface area contributed by atoms with Crippen LogP contribution in [0.4, 0.5) is 16.2 Å². The molecule has 1 saturated heterocycles. The van der Waals surface area contributed by atoms with Gasteiger partial charge in [0.25, 0.3) is 0 Å². The van der Waals surface area contributed by atoms with E-state index in [9.17, 15) is 24.6 Å². The molecule has 1 aliphatic heterocycles. The van der Waals surface area contributed by atoms with E-state index in [1.807, 2.05) is 54.6 Å². The fourth-order valence-electron chi connectivity index (χ4n) is 6.56. The molecule has 3 amide bonds. The third-order valence-electron chi connectivity index (χ3n) is 9.31. The first-order valence-electron chi connectivity index (χ1n) is 16.9. The number of phenols is 1. The van der Waals surface area contributed by atoms with Gasteiger partial charge in [0.15, 0.2) is 0 Å². The van der Waals surface area contributed by atoms with Crippen molar-refractivity contribution >= 4 is 29.8 Å². The van der Waals surface area contributed by atoms with Gasteiger partial charge in [0.2, 0.25) is 12.3 Å². The Kier molecular flexibility index (Phi) is 12.8. The molecule has 1 aliphatic carbocycles. The number of ether oxygens (including phenoxy) is 1. The molecule has 11 heteroatoms. The van der Waals surface area contributed by atoms with Gasteiger partial charge in [-0.2, -0.15) is 0 Å². The topological polar surface area (TPSA) is 152 Å². The van der Waals surface area contributed by atoms with Gasteiger partial charge in [0.05, 0.1) is 17.5 Å². The van der Waals surface area contributed by atoms with Crippen LogP contribution in [0.2, 0.25) is 0 Å². The van der Waals surface area contributed by atoms with Crippen LogP contribution in [0.3, 0.4) is 0 Å². The maximum absolute atomic E-state index is 12.7. The van der Waals surface area contributed by atoms with Crippen LogP contribution >= 0.6 is 0 Å². The molecule has 0 aromatic heterocycles. The first-order chi connectivity index (χ1) is 23.4. The van der Waals surface area contributed by atoms with Crippen LogP contribution in [0.15, 0.2) is 72.8 Å². The molecule has 0 radical (unpaired) electrons. The monoisotopic (exact) mass is 657 g/mol. The first-order valence-corrected chi connectivity index (χ1v) is 16.9. The van der Waals surface area contributed by atoms with Crippen molar-refractivity contribution < 1.29 is 29.3 Å². The summed E-state index contributed by atoms with van der Waals surface area (Å²) in [6.07, 6.45) is 4.90. The third kappa shape index (κ3) is 10.3. The van der Waals surface area contributed by atoms with E-state index in [2.05, 4.69) is 26.2 Å². The number of nitrogens with one attached hydrogen (secondary N) is 4. The van der Waals surface area contributed by atoms with Crippen LogP contribution in [0, 0.1) is 5.92 Å². The number of aromatic hydroxyl groups is 1. The highest BCUT2D eigenvalue weighted by Gasteiger charge is 2.25.